The number of benzene rings is 1. The maximum Gasteiger partial charge on any atom is 0.122 e. The lowest BCUT2D eigenvalue weighted by atomic mass is 9.85. The van der Waals surface area contributed by atoms with Crippen LogP contribution in [0.3, 0.4) is 0 Å². The van der Waals surface area contributed by atoms with Crippen LogP contribution in [0.15, 0.2) is 18.2 Å². The number of hydrogen-bond acceptors (Lipinski definition) is 1. The summed E-state index contributed by atoms with van der Waals surface area (Å²) in [5, 5.41) is 0. The fourth-order valence-corrected chi connectivity index (χ4v) is 3.53. The van der Waals surface area contributed by atoms with Crippen LogP contribution in [0.2, 0.25) is 0 Å². The summed E-state index contributed by atoms with van der Waals surface area (Å²) in [6.07, 6.45) is 6.41. The number of ether oxygens (including phenoxy) is 1. The minimum Gasteiger partial charge on any atom is -0.496 e. The first kappa shape index (κ1) is 13.7. The molecule has 0 N–H and O–H groups in total. The van der Waals surface area contributed by atoms with E-state index >= 15 is 0 Å². The van der Waals surface area contributed by atoms with Crippen molar-refractivity contribution >= 4 is 11.6 Å². The summed E-state index contributed by atoms with van der Waals surface area (Å²) in [4.78, 5) is 0. The van der Waals surface area contributed by atoms with Crippen LogP contribution in [0, 0.1) is 5.92 Å². The first-order valence-corrected chi connectivity index (χ1v) is 7.56. The van der Waals surface area contributed by atoms with Crippen LogP contribution in [0.4, 0.5) is 0 Å². The topological polar surface area (TPSA) is 9.23 Å². The van der Waals surface area contributed by atoms with Gasteiger partial charge in [0.1, 0.15) is 5.75 Å². The van der Waals surface area contributed by atoms with Gasteiger partial charge in [0, 0.05) is 11.8 Å². The van der Waals surface area contributed by atoms with Gasteiger partial charge in [0.25, 0.3) is 0 Å². The van der Waals surface area contributed by atoms with E-state index in [-0.39, 0.29) is 0 Å². The molecule has 0 heterocycles. The van der Waals surface area contributed by atoms with Gasteiger partial charge in [0.2, 0.25) is 0 Å². The predicted molar refractivity (Wildman–Crippen MR) is 77.8 cm³/mol. The van der Waals surface area contributed by atoms with Crippen LogP contribution in [0.1, 0.15) is 49.7 Å². The summed E-state index contributed by atoms with van der Waals surface area (Å²) in [7, 11) is 1.75. The van der Waals surface area contributed by atoms with Crippen molar-refractivity contribution in [3.05, 3.63) is 29.3 Å². The molecule has 0 bridgehead atoms. The Kier molecular flexibility index (Phi) is 4.94. The normalized spacial score (nSPS) is 17.9. The Bertz CT molecular complexity index is 383. The maximum atomic E-state index is 6.25. The summed E-state index contributed by atoms with van der Waals surface area (Å²) in [5.74, 6) is 2.90. The molecule has 0 aliphatic heterocycles. The van der Waals surface area contributed by atoms with Crippen LogP contribution in [0.5, 0.6) is 5.75 Å². The summed E-state index contributed by atoms with van der Waals surface area (Å²) in [6, 6.07) is 6.55. The number of hydrogen-bond donors (Lipinski definition) is 0. The Morgan fingerprint density at radius 3 is 2.61 bits per heavy atom. The summed E-state index contributed by atoms with van der Waals surface area (Å²) in [5.41, 5.74) is 2.69. The molecule has 0 aromatic heterocycles. The Hall–Kier alpha value is -0.690. The highest BCUT2D eigenvalue weighted by atomic mass is 35.5. The standard InChI is InChI=1S/C16H23ClO/c1-3-12-8-9-16(18-2)14(10-12)15(11-17)13-6-4-5-7-13/h8-10,13,15H,3-7,11H2,1-2H3. The van der Waals surface area contributed by atoms with Gasteiger partial charge in [0.05, 0.1) is 7.11 Å². The second-order valence-corrected chi connectivity index (χ2v) is 5.54. The number of rotatable bonds is 5. The summed E-state index contributed by atoms with van der Waals surface area (Å²) in [6.45, 7) is 2.19. The molecule has 0 amide bonds. The molecule has 0 saturated heterocycles. The third-order valence-corrected chi connectivity index (χ3v) is 4.57. The molecule has 1 aromatic rings. The van der Waals surface area contributed by atoms with Gasteiger partial charge in [-0.1, -0.05) is 31.9 Å². The smallest absolute Gasteiger partial charge is 0.122 e. The number of aryl methyl sites for hydroxylation is 1. The minimum atomic E-state index is 0.454. The van der Waals surface area contributed by atoms with Crippen LogP contribution in [-0.4, -0.2) is 13.0 Å². The van der Waals surface area contributed by atoms with Crippen molar-refractivity contribution in [2.24, 2.45) is 5.92 Å². The fourth-order valence-electron chi connectivity index (χ4n) is 3.12. The van der Waals surface area contributed by atoms with E-state index in [1.807, 2.05) is 0 Å². The molecular formula is C16H23ClO. The van der Waals surface area contributed by atoms with Crippen LogP contribution >= 0.6 is 11.6 Å². The van der Waals surface area contributed by atoms with Gasteiger partial charge >= 0.3 is 0 Å². The van der Waals surface area contributed by atoms with Gasteiger partial charge in [-0.25, -0.2) is 0 Å². The monoisotopic (exact) mass is 266 g/mol. The van der Waals surface area contributed by atoms with Gasteiger partial charge in [-0.2, -0.15) is 0 Å². The van der Waals surface area contributed by atoms with E-state index in [9.17, 15) is 0 Å². The molecule has 1 aliphatic carbocycles. The number of alkyl halides is 1. The van der Waals surface area contributed by atoms with E-state index in [0.29, 0.717) is 11.8 Å². The molecule has 1 aliphatic rings. The SMILES string of the molecule is CCc1ccc(OC)c(C(CCl)C2CCCC2)c1. The first-order chi connectivity index (χ1) is 8.80. The van der Waals surface area contributed by atoms with Crippen molar-refractivity contribution in [1.29, 1.82) is 0 Å². The average Bonchev–Trinajstić information content (AvgIpc) is 2.93. The molecule has 100 valence electrons. The lowest BCUT2D eigenvalue weighted by Crippen LogP contribution is -2.13. The molecule has 0 radical (unpaired) electrons. The largest absolute Gasteiger partial charge is 0.496 e. The maximum absolute atomic E-state index is 6.25. The lowest BCUT2D eigenvalue weighted by Gasteiger charge is -2.24. The molecule has 1 aromatic carbocycles. The van der Waals surface area contributed by atoms with Crippen molar-refractivity contribution in [1.82, 2.24) is 0 Å². The Morgan fingerprint density at radius 1 is 1.33 bits per heavy atom. The highest BCUT2D eigenvalue weighted by Crippen LogP contribution is 2.41. The van der Waals surface area contributed by atoms with Crippen molar-refractivity contribution in [3.63, 3.8) is 0 Å². The number of methoxy groups -OCH3 is 1. The minimum absolute atomic E-state index is 0.454. The van der Waals surface area contributed by atoms with E-state index in [2.05, 4.69) is 25.1 Å². The van der Waals surface area contributed by atoms with E-state index in [1.54, 1.807) is 7.11 Å². The molecule has 1 fully saturated rings. The predicted octanol–water partition coefficient (Wildman–Crippen LogP) is 4.77. The van der Waals surface area contributed by atoms with Crippen LogP contribution in [0.25, 0.3) is 0 Å². The Labute approximate surface area is 115 Å². The molecule has 1 nitrogen and oxygen atoms in total. The van der Waals surface area contributed by atoms with Gasteiger partial charge in [-0.15, -0.1) is 11.6 Å². The van der Waals surface area contributed by atoms with Crippen molar-refractivity contribution in [3.8, 4) is 5.75 Å². The zero-order valence-corrected chi connectivity index (χ0v) is 12.2. The Morgan fingerprint density at radius 2 is 2.06 bits per heavy atom. The quantitative estimate of drug-likeness (QED) is 0.698. The van der Waals surface area contributed by atoms with Crippen molar-refractivity contribution < 1.29 is 4.74 Å². The van der Waals surface area contributed by atoms with E-state index in [0.717, 1.165) is 18.1 Å². The molecule has 18 heavy (non-hydrogen) atoms. The highest BCUT2D eigenvalue weighted by molar-refractivity contribution is 6.18. The molecular weight excluding hydrogens is 244 g/mol. The molecule has 1 unspecified atom stereocenters. The summed E-state index contributed by atoms with van der Waals surface area (Å²) < 4.78 is 5.53. The second kappa shape index (κ2) is 6.47. The van der Waals surface area contributed by atoms with Crippen LogP contribution < -0.4 is 4.74 Å². The average molecular weight is 267 g/mol. The fraction of sp³-hybridized carbons (Fsp3) is 0.625. The molecule has 2 rings (SSSR count). The first-order valence-electron chi connectivity index (χ1n) is 7.03. The lowest BCUT2D eigenvalue weighted by molar-refractivity contribution is 0.391. The molecule has 1 atom stereocenters. The zero-order valence-electron chi connectivity index (χ0n) is 11.4. The van der Waals surface area contributed by atoms with Crippen molar-refractivity contribution in [2.45, 2.75) is 44.9 Å². The summed E-state index contributed by atoms with van der Waals surface area (Å²) >= 11 is 6.25. The molecule has 1 saturated carbocycles. The van der Waals surface area contributed by atoms with E-state index < -0.39 is 0 Å². The van der Waals surface area contributed by atoms with Gasteiger partial charge in [-0.05, 0) is 42.4 Å². The van der Waals surface area contributed by atoms with E-state index in [4.69, 9.17) is 16.3 Å². The highest BCUT2D eigenvalue weighted by Gasteiger charge is 2.27. The van der Waals surface area contributed by atoms with Gasteiger partial charge in [0.15, 0.2) is 0 Å². The third-order valence-electron chi connectivity index (χ3n) is 4.24. The van der Waals surface area contributed by atoms with Gasteiger partial charge < -0.3 is 4.74 Å². The third kappa shape index (κ3) is 2.83. The van der Waals surface area contributed by atoms with Crippen molar-refractivity contribution in [2.75, 3.05) is 13.0 Å². The van der Waals surface area contributed by atoms with E-state index in [1.165, 1.54) is 36.8 Å². The molecule has 2 heteroatoms. The van der Waals surface area contributed by atoms with Gasteiger partial charge in [-0.3, -0.25) is 0 Å². The zero-order chi connectivity index (χ0) is 13.0. The van der Waals surface area contributed by atoms with Crippen LogP contribution in [-0.2, 0) is 6.42 Å². The molecule has 0 spiro atoms. The second-order valence-electron chi connectivity index (χ2n) is 5.24. The Balaban J connectivity index is 2.32. The number of halogens is 1.